The third-order valence-corrected chi connectivity index (χ3v) is 6.36. The van der Waals surface area contributed by atoms with Crippen molar-refractivity contribution in [1.82, 2.24) is 0 Å². The lowest BCUT2D eigenvalue weighted by molar-refractivity contribution is -1.02. The largest absolute Gasteiger partial charge is 0.321 e. The highest BCUT2D eigenvalue weighted by Gasteiger charge is 2.38. The summed E-state index contributed by atoms with van der Waals surface area (Å²) in [7, 11) is 0. The molecule has 1 amide bonds. The summed E-state index contributed by atoms with van der Waals surface area (Å²) in [5.41, 5.74) is 6.06. The van der Waals surface area contributed by atoms with Crippen LogP contribution in [-0.4, -0.2) is 38.6 Å². The number of rotatable bonds is 4. The Balaban J connectivity index is 1.24. The van der Waals surface area contributed by atoms with Gasteiger partial charge in [0, 0.05) is 16.8 Å². The minimum atomic E-state index is -0.338. The van der Waals surface area contributed by atoms with Crippen LogP contribution >= 0.6 is 0 Å². The molecule has 0 spiro atoms. The molecule has 0 unspecified atom stereocenters. The molecule has 5 heteroatoms. The van der Waals surface area contributed by atoms with E-state index in [-0.39, 0.29) is 11.7 Å². The second kappa shape index (κ2) is 8.01. The number of nitrogens with one attached hydrogen (secondary N) is 3. The van der Waals surface area contributed by atoms with Crippen LogP contribution in [0.3, 0.4) is 0 Å². The van der Waals surface area contributed by atoms with Crippen molar-refractivity contribution >= 4 is 11.6 Å². The first-order valence-electron chi connectivity index (χ1n) is 10.6. The lowest BCUT2D eigenvalue weighted by Gasteiger charge is -2.33. The van der Waals surface area contributed by atoms with Crippen molar-refractivity contribution < 1.29 is 19.0 Å². The fourth-order valence-corrected chi connectivity index (χ4v) is 4.98. The van der Waals surface area contributed by atoms with Gasteiger partial charge in [0.25, 0.3) is 5.91 Å². The molecule has 2 aliphatic rings. The normalized spacial score (nSPS) is 20.4. The van der Waals surface area contributed by atoms with E-state index in [1.807, 2.05) is 0 Å². The molecule has 0 saturated carbocycles. The molecule has 0 radical (unpaired) electrons. The maximum atomic E-state index is 13.3. The van der Waals surface area contributed by atoms with Crippen LogP contribution in [-0.2, 0) is 4.79 Å². The highest BCUT2D eigenvalue weighted by Crippen LogP contribution is 2.41. The number of carbonyl (C=O) groups is 1. The van der Waals surface area contributed by atoms with Crippen LogP contribution in [0.5, 0.6) is 0 Å². The zero-order valence-electron chi connectivity index (χ0n) is 16.8. The number of anilines is 1. The van der Waals surface area contributed by atoms with Gasteiger partial charge in [0.1, 0.15) is 38.0 Å². The Morgan fingerprint density at radius 1 is 0.867 bits per heavy atom. The van der Waals surface area contributed by atoms with Gasteiger partial charge in [-0.1, -0.05) is 54.6 Å². The Hall–Kier alpha value is -3.02. The number of fused-ring (bicyclic) bond motifs is 3. The highest BCUT2D eigenvalue weighted by molar-refractivity contribution is 5.91. The molecule has 0 atom stereocenters. The van der Waals surface area contributed by atoms with Gasteiger partial charge in [-0.25, -0.2) is 4.39 Å². The second-order valence-electron chi connectivity index (χ2n) is 8.25. The third kappa shape index (κ3) is 3.62. The van der Waals surface area contributed by atoms with Crippen molar-refractivity contribution in [2.75, 3.05) is 38.0 Å². The fraction of sp³-hybridized carbons (Fsp3) is 0.240. The standard InChI is InChI=1S/C25H24FN3O/c26-18-6-5-7-19(16-18)27-24(30)17-28-12-14-29(15-13-28)25-22-10-3-1-8-20(22)21-9-2-4-11-23(21)25/h1-11,16,25H,12-15,17H2,(H,27,30)/p+2. The fourth-order valence-electron chi connectivity index (χ4n) is 4.98. The van der Waals surface area contributed by atoms with Crippen molar-refractivity contribution in [3.63, 3.8) is 0 Å². The van der Waals surface area contributed by atoms with Crippen LogP contribution in [0.4, 0.5) is 10.1 Å². The number of amides is 1. The summed E-state index contributed by atoms with van der Waals surface area (Å²) < 4.78 is 13.3. The number of halogens is 1. The predicted molar refractivity (Wildman–Crippen MR) is 115 cm³/mol. The zero-order chi connectivity index (χ0) is 20.5. The summed E-state index contributed by atoms with van der Waals surface area (Å²) in [4.78, 5) is 15.3. The summed E-state index contributed by atoms with van der Waals surface area (Å²) in [6, 6.07) is 23.9. The Kier molecular flexibility index (Phi) is 5.07. The van der Waals surface area contributed by atoms with Crippen molar-refractivity contribution in [2.45, 2.75) is 6.04 Å². The highest BCUT2D eigenvalue weighted by atomic mass is 19.1. The van der Waals surface area contributed by atoms with Gasteiger partial charge in [-0.15, -0.1) is 0 Å². The Bertz CT molecular complexity index is 1030. The molecule has 30 heavy (non-hydrogen) atoms. The number of hydrogen-bond donors (Lipinski definition) is 3. The van der Waals surface area contributed by atoms with Gasteiger partial charge in [0.2, 0.25) is 0 Å². The quantitative estimate of drug-likeness (QED) is 0.604. The summed E-state index contributed by atoms with van der Waals surface area (Å²) in [6.07, 6.45) is 0. The average molecular weight is 404 g/mol. The molecule has 1 heterocycles. The van der Waals surface area contributed by atoms with E-state index in [1.54, 1.807) is 17.0 Å². The van der Waals surface area contributed by atoms with E-state index < -0.39 is 0 Å². The molecule has 3 aromatic carbocycles. The van der Waals surface area contributed by atoms with Crippen LogP contribution in [0.1, 0.15) is 17.2 Å². The van der Waals surface area contributed by atoms with Crippen molar-refractivity contribution in [3.05, 3.63) is 89.7 Å². The number of carbonyl (C=O) groups excluding carboxylic acids is 1. The van der Waals surface area contributed by atoms with E-state index in [0.29, 0.717) is 18.3 Å². The molecule has 1 aliphatic heterocycles. The number of benzene rings is 3. The Morgan fingerprint density at radius 3 is 2.13 bits per heavy atom. The molecular weight excluding hydrogens is 377 g/mol. The smallest absolute Gasteiger partial charge is 0.279 e. The first-order valence-corrected chi connectivity index (χ1v) is 10.6. The van der Waals surface area contributed by atoms with Crippen molar-refractivity contribution in [2.24, 2.45) is 0 Å². The van der Waals surface area contributed by atoms with E-state index in [2.05, 4.69) is 53.8 Å². The van der Waals surface area contributed by atoms with Gasteiger partial charge in [0.15, 0.2) is 6.54 Å². The van der Waals surface area contributed by atoms with Gasteiger partial charge in [-0.2, -0.15) is 0 Å². The van der Waals surface area contributed by atoms with Gasteiger partial charge >= 0.3 is 0 Å². The number of piperazine rings is 1. The molecule has 1 fully saturated rings. The first-order chi connectivity index (χ1) is 14.7. The SMILES string of the molecule is O=C(C[NH+]1CC[NH+](C2c3ccccc3-c3ccccc32)CC1)Nc1cccc(F)c1. The average Bonchev–Trinajstić information content (AvgIpc) is 3.09. The molecule has 1 saturated heterocycles. The minimum Gasteiger partial charge on any atom is -0.321 e. The topological polar surface area (TPSA) is 38.0 Å². The van der Waals surface area contributed by atoms with Crippen LogP contribution in [0.15, 0.2) is 72.8 Å². The van der Waals surface area contributed by atoms with E-state index in [9.17, 15) is 9.18 Å². The molecule has 152 valence electrons. The summed E-state index contributed by atoms with van der Waals surface area (Å²) >= 11 is 0. The van der Waals surface area contributed by atoms with Crippen LogP contribution in [0.25, 0.3) is 11.1 Å². The predicted octanol–water partition coefficient (Wildman–Crippen LogP) is 1.32. The van der Waals surface area contributed by atoms with Gasteiger partial charge < -0.3 is 15.1 Å². The van der Waals surface area contributed by atoms with Gasteiger partial charge in [-0.05, 0) is 29.3 Å². The summed E-state index contributed by atoms with van der Waals surface area (Å²) in [5.74, 6) is -0.398. The summed E-state index contributed by atoms with van der Waals surface area (Å²) in [5, 5.41) is 2.82. The monoisotopic (exact) mass is 403 g/mol. The second-order valence-corrected chi connectivity index (χ2v) is 8.25. The van der Waals surface area contributed by atoms with E-state index in [4.69, 9.17) is 0 Å². The van der Waals surface area contributed by atoms with Crippen molar-refractivity contribution in [3.8, 4) is 11.1 Å². The Morgan fingerprint density at radius 2 is 1.50 bits per heavy atom. The summed E-state index contributed by atoms with van der Waals surface area (Å²) in [6.45, 7) is 4.37. The van der Waals surface area contributed by atoms with Crippen molar-refractivity contribution in [1.29, 1.82) is 0 Å². The third-order valence-electron chi connectivity index (χ3n) is 6.36. The van der Waals surface area contributed by atoms with E-state index in [1.165, 1.54) is 39.3 Å². The molecule has 0 bridgehead atoms. The minimum absolute atomic E-state index is 0.0596. The lowest BCUT2D eigenvalue weighted by atomic mass is 10.0. The number of quaternary nitrogens is 2. The molecule has 5 rings (SSSR count). The van der Waals surface area contributed by atoms with E-state index >= 15 is 0 Å². The lowest BCUT2D eigenvalue weighted by Crippen LogP contribution is -3.28. The van der Waals surface area contributed by atoms with Crippen LogP contribution in [0.2, 0.25) is 0 Å². The molecular formula is C25H26FN3O+2. The molecule has 4 nitrogen and oxygen atoms in total. The van der Waals surface area contributed by atoms with Gasteiger partial charge in [0.05, 0.1) is 0 Å². The Labute approximate surface area is 175 Å². The van der Waals surface area contributed by atoms with Crippen LogP contribution < -0.4 is 15.1 Å². The van der Waals surface area contributed by atoms with E-state index in [0.717, 1.165) is 26.2 Å². The van der Waals surface area contributed by atoms with Crippen LogP contribution in [0, 0.1) is 5.82 Å². The molecule has 3 aromatic rings. The zero-order valence-corrected chi connectivity index (χ0v) is 16.8. The molecule has 1 aliphatic carbocycles. The maximum absolute atomic E-state index is 13.3. The first kappa shape index (κ1) is 19.0. The van der Waals surface area contributed by atoms with Gasteiger partial charge in [-0.3, -0.25) is 4.79 Å². The number of hydrogen-bond acceptors (Lipinski definition) is 1. The molecule has 0 aromatic heterocycles. The maximum Gasteiger partial charge on any atom is 0.279 e. The molecule has 3 N–H and O–H groups in total.